The normalized spacial score (nSPS) is 12.5. The van der Waals surface area contributed by atoms with Crippen LogP contribution in [-0.4, -0.2) is 17.9 Å². The summed E-state index contributed by atoms with van der Waals surface area (Å²) >= 11 is 0. The molecular formula is C19H19F3N2O2. The standard InChI is InChI=1S/C19H19F3N2O2/c1-12(2)16(24-17(25)13-6-4-3-5-7-13)18(26)23-15-10-8-14(9-11-15)19(20,21)22/h3-12,16H,1-2H3,(H,23,26)(H,24,25)/t16-/m1/s1. The fourth-order valence-electron chi connectivity index (χ4n) is 2.31. The van der Waals surface area contributed by atoms with Crippen molar-refractivity contribution < 1.29 is 22.8 Å². The Morgan fingerprint density at radius 1 is 0.923 bits per heavy atom. The number of rotatable bonds is 5. The number of nitrogens with one attached hydrogen (secondary N) is 2. The van der Waals surface area contributed by atoms with E-state index in [1.165, 1.54) is 12.1 Å². The minimum atomic E-state index is -4.44. The SMILES string of the molecule is CC(C)[C@@H](NC(=O)c1ccccc1)C(=O)Nc1ccc(C(F)(F)F)cc1. The molecule has 0 unspecified atom stereocenters. The number of hydrogen-bond donors (Lipinski definition) is 2. The van der Waals surface area contributed by atoms with E-state index in [2.05, 4.69) is 10.6 Å². The van der Waals surface area contributed by atoms with Gasteiger partial charge in [0.05, 0.1) is 5.56 Å². The molecule has 0 aliphatic heterocycles. The van der Waals surface area contributed by atoms with E-state index in [1.807, 2.05) is 0 Å². The Bertz CT molecular complexity index is 757. The van der Waals surface area contributed by atoms with Crippen molar-refractivity contribution >= 4 is 17.5 Å². The maximum absolute atomic E-state index is 12.6. The second kappa shape index (κ2) is 8.03. The fourth-order valence-corrected chi connectivity index (χ4v) is 2.31. The summed E-state index contributed by atoms with van der Waals surface area (Å²) in [4.78, 5) is 24.7. The molecule has 138 valence electrons. The number of carbonyl (C=O) groups excluding carboxylic acids is 2. The fraction of sp³-hybridized carbons (Fsp3) is 0.263. The predicted molar refractivity (Wildman–Crippen MR) is 92.6 cm³/mol. The topological polar surface area (TPSA) is 58.2 Å². The van der Waals surface area contributed by atoms with Crippen molar-refractivity contribution in [3.63, 3.8) is 0 Å². The highest BCUT2D eigenvalue weighted by Gasteiger charge is 2.30. The van der Waals surface area contributed by atoms with Gasteiger partial charge in [0.1, 0.15) is 6.04 Å². The third-order valence-electron chi connectivity index (χ3n) is 3.75. The Morgan fingerprint density at radius 3 is 2.00 bits per heavy atom. The molecule has 0 spiro atoms. The predicted octanol–water partition coefficient (Wildman–Crippen LogP) is 4.10. The Kier molecular flexibility index (Phi) is 6.02. The van der Waals surface area contributed by atoms with Crippen LogP contribution in [0.15, 0.2) is 54.6 Å². The number of anilines is 1. The minimum Gasteiger partial charge on any atom is -0.340 e. The first-order valence-electron chi connectivity index (χ1n) is 8.02. The maximum atomic E-state index is 12.6. The zero-order chi connectivity index (χ0) is 19.3. The van der Waals surface area contributed by atoms with E-state index >= 15 is 0 Å². The van der Waals surface area contributed by atoms with Crippen LogP contribution in [0.3, 0.4) is 0 Å². The Morgan fingerprint density at radius 2 is 1.50 bits per heavy atom. The molecular weight excluding hydrogens is 345 g/mol. The Labute approximate surface area is 149 Å². The summed E-state index contributed by atoms with van der Waals surface area (Å²) in [6, 6.07) is 11.8. The third-order valence-corrected chi connectivity index (χ3v) is 3.75. The van der Waals surface area contributed by atoms with Gasteiger partial charge in [-0.2, -0.15) is 13.2 Å². The number of hydrogen-bond acceptors (Lipinski definition) is 2. The lowest BCUT2D eigenvalue weighted by molar-refractivity contribution is -0.137. The highest BCUT2D eigenvalue weighted by atomic mass is 19.4. The summed E-state index contributed by atoms with van der Waals surface area (Å²) in [6.45, 7) is 3.53. The highest BCUT2D eigenvalue weighted by molar-refractivity contribution is 6.01. The van der Waals surface area contributed by atoms with Crippen LogP contribution < -0.4 is 10.6 Å². The lowest BCUT2D eigenvalue weighted by Gasteiger charge is -2.22. The Balaban J connectivity index is 2.07. The molecule has 7 heteroatoms. The Hall–Kier alpha value is -2.83. The van der Waals surface area contributed by atoms with Gasteiger partial charge in [-0.05, 0) is 42.3 Å². The number of carbonyl (C=O) groups is 2. The molecule has 2 aromatic rings. The molecule has 2 aromatic carbocycles. The van der Waals surface area contributed by atoms with Crippen LogP contribution in [0.5, 0.6) is 0 Å². The monoisotopic (exact) mass is 364 g/mol. The highest BCUT2D eigenvalue weighted by Crippen LogP contribution is 2.29. The van der Waals surface area contributed by atoms with Crippen LogP contribution in [0.4, 0.5) is 18.9 Å². The number of benzene rings is 2. The summed E-state index contributed by atoms with van der Waals surface area (Å²) in [5.74, 6) is -1.10. The van der Waals surface area contributed by atoms with E-state index in [0.29, 0.717) is 5.56 Å². The first-order chi connectivity index (χ1) is 12.2. The molecule has 0 heterocycles. The molecule has 0 aliphatic rings. The van der Waals surface area contributed by atoms with E-state index in [4.69, 9.17) is 0 Å². The molecule has 2 rings (SSSR count). The molecule has 0 bridgehead atoms. The average molecular weight is 364 g/mol. The lowest BCUT2D eigenvalue weighted by atomic mass is 10.0. The van der Waals surface area contributed by atoms with Crippen LogP contribution in [0.2, 0.25) is 0 Å². The van der Waals surface area contributed by atoms with E-state index < -0.39 is 29.6 Å². The van der Waals surface area contributed by atoms with Gasteiger partial charge < -0.3 is 10.6 Å². The number of halogens is 3. The van der Waals surface area contributed by atoms with E-state index in [1.54, 1.807) is 44.2 Å². The summed E-state index contributed by atoms with van der Waals surface area (Å²) in [7, 11) is 0. The second-order valence-electron chi connectivity index (χ2n) is 6.13. The van der Waals surface area contributed by atoms with Gasteiger partial charge in [-0.1, -0.05) is 32.0 Å². The van der Waals surface area contributed by atoms with Crippen molar-refractivity contribution in [2.45, 2.75) is 26.1 Å². The largest absolute Gasteiger partial charge is 0.416 e. The average Bonchev–Trinajstić information content (AvgIpc) is 2.59. The molecule has 4 nitrogen and oxygen atoms in total. The summed E-state index contributed by atoms with van der Waals surface area (Å²) in [5, 5.41) is 5.20. The molecule has 0 saturated carbocycles. The van der Waals surface area contributed by atoms with Gasteiger partial charge in [-0.25, -0.2) is 0 Å². The number of alkyl halides is 3. The molecule has 0 saturated heterocycles. The van der Waals surface area contributed by atoms with Crippen molar-refractivity contribution in [1.82, 2.24) is 5.32 Å². The van der Waals surface area contributed by atoms with Gasteiger partial charge in [0.2, 0.25) is 5.91 Å². The first kappa shape index (κ1) is 19.5. The van der Waals surface area contributed by atoms with Crippen LogP contribution in [0.1, 0.15) is 29.8 Å². The van der Waals surface area contributed by atoms with Gasteiger partial charge in [0.15, 0.2) is 0 Å². The molecule has 26 heavy (non-hydrogen) atoms. The van der Waals surface area contributed by atoms with E-state index in [9.17, 15) is 22.8 Å². The van der Waals surface area contributed by atoms with Crippen LogP contribution in [-0.2, 0) is 11.0 Å². The van der Waals surface area contributed by atoms with E-state index in [0.717, 1.165) is 12.1 Å². The smallest absolute Gasteiger partial charge is 0.340 e. The number of amides is 2. The summed E-state index contributed by atoms with van der Waals surface area (Å²) in [5.41, 5.74) is -0.156. The van der Waals surface area contributed by atoms with Crippen molar-refractivity contribution in [2.75, 3.05) is 5.32 Å². The zero-order valence-corrected chi connectivity index (χ0v) is 14.3. The van der Waals surface area contributed by atoms with Gasteiger partial charge in [-0.3, -0.25) is 9.59 Å². The maximum Gasteiger partial charge on any atom is 0.416 e. The first-order valence-corrected chi connectivity index (χ1v) is 8.02. The van der Waals surface area contributed by atoms with Gasteiger partial charge in [0, 0.05) is 11.3 Å². The van der Waals surface area contributed by atoms with Gasteiger partial charge >= 0.3 is 6.18 Å². The molecule has 0 radical (unpaired) electrons. The molecule has 0 fully saturated rings. The molecule has 2 N–H and O–H groups in total. The van der Waals surface area contributed by atoms with Crippen molar-refractivity contribution in [3.8, 4) is 0 Å². The molecule has 1 atom stereocenters. The van der Waals surface area contributed by atoms with Crippen molar-refractivity contribution in [1.29, 1.82) is 0 Å². The molecule has 0 aromatic heterocycles. The third kappa shape index (κ3) is 5.08. The van der Waals surface area contributed by atoms with Crippen molar-refractivity contribution in [3.05, 3.63) is 65.7 Å². The summed E-state index contributed by atoms with van der Waals surface area (Å²) < 4.78 is 37.8. The van der Waals surface area contributed by atoms with Gasteiger partial charge in [0.25, 0.3) is 5.91 Å². The zero-order valence-electron chi connectivity index (χ0n) is 14.3. The van der Waals surface area contributed by atoms with Crippen LogP contribution >= 0.6 is 0 Å². The van der Waals surface area contributed by atoms with Crippen LogP contribution in [0, 0.1) is 5.92 Å². The van der Waals surface area contributed by atoms with Crippen LogP contribution in [0.25, 0.3) is 0 Å². The summed E-state index contributed by atoms with van der Waals surface area (Å²) in [6.07, 6.45) is -4.44. The lowest BCUT2D eigenvalue weighted by Crippen LogP contribution is -2.47. The second-order valence-corrected chi connectivity index (χ2v) is 6.13. The van der Waals surface area contributed by atoms with E-state index in [-0.39, 0.29) is 11.6 Å². The quantitative estimate of drug-likeness (QED) is 0.839. The minimum absolute atomic E-state index is 0.211. The molecule has 0 aliphatic carbocycles. The molecule has 2 amide bonds. The van der Waals surface area contributed by atoms with Gasteiger partial charge in [-0.15, -0.1) is 0 Å². The van der Waals surface area contributed by atoms with Crippen molar-refractivity contribution in [2.24, 2.45) is 5.92 Å².